The van der Waals surface area contributed by atoms with Crippen LogP contribution in [-0.2, 0) is 14.8 Å². The molecule has 0 unspecified atom stereocenters. The summed E-state index contributed by atoms with van der Waals surface area (Å²) in [6, 6.07) is 25.4. The normalized spacial score (nSPS) is 14.0. The summed E-state index contributed by atoms with van der Waals surface area (Å²) in [7, 11) is -3.79. The molecule has 0 radical (unpaired) electrons. The van der Waals surface area contributed by atoms with Gasteiger partial charge in [0.2, 0.25) is 5.91 Å². The zero-order chi connectivity index (χ0) is 22.3. The Kier molecular flexibility index (Phi) is 5.33. The number of carbonyl (C=O) groups excluding carboxylic acids is 1. The van der Waals surface area contributed by atoms with E-state index in [1.165, 1.54) is 16.1 Å². The van der Waals surface area contributed by atoms with Crippen LogP contribution in [0.15, 0.2) is 99.6 Å². The minimum atomic E-state index is -3.79. The first-order valence-corrected chi connectivity index (χ1v) is 12.4. The standard InChI is InChI=1S/C24H17ClN2O3S2/c25-17-11-13-18(14-12-17)31-21-9-2-1-7-19(21)26-23(28)15-27-20-8-3-5-16-6-4-10-22(24(16)20)32(27,29)30/h1-14H,15H2,(H,26,28). The molecule has 0 aromatic heterocycles. The maximum absolute atomic E-state index is 13.1. The number of hydrogen-bond acceptors (Lipinski definition) is 4. The number of rotatable bonds is 5. The van der Waals surface area contributed by atoms with E-state index in [4.69, 9.17) is 11.6 Å². The summed E-state index contributed by atoms with van der Waals surface area (Å²) in [5.74, 6) is -0.414. The molecule has 32 heavy (non-hydrogen) atoms. The quantitative estimate of drug-likeness (QED) is 0.392. The third-order valence-electron chi connectivity index (χ3n) is 5.17. The maximum atomic E-state index is 13.1. The molecule has 0 fully saturated rings. The summed E-state index contributed by atoms with van der Waals surface area (Å²) < 4.78 is 27.4. The van der Waals surface area contributed by atoms with Crippen LogP contribution in [0.1, 0.15) is 0 Å². The predicted molar refractivity (Wildman–Crippen MR) is 129 cm³/mol. The van der Waals surface area contributed by atoms with Crippen molar-refractivity contribution < 1.29 is 13.2 Å². The van der Waals surface area contributed by atoms with Crippen molar-refractivity contribution in [1.29, 1.82) is 0 Å². The van der Waals surface area contributed by atoms with Gasteiger partial charge in [0.05, 0.1) is 16.3 Å². The lowest BCUT2D eigenvalue weighted by atomic mass is 10.1. The smallest absolute Gasteiger partial charge is 0.265 e. The lowest BCUT2D eigenvalue weighted by molar-refractivity contribution is -0.114. The van der Waals surface area contributed by atoms with Crippen molar-refractivity contribution in [3.8, 4) is 0 Å². The Morgan fingerprint density at radius 1 is 0.906 bits per heavy atom. The summed E-state index contributed by atoms with van der Waals surface area (Å²) in [4.78, 5) is 15.0. The first-order chi connectivity index (χ1) is 15.4. The Morgan fingerprint density at radius 3 is 2.41 bits per heavy atom. The van der Waals surface area contributed by atoms with Crippen LogP contribution in [0.2, 0.25) is 5.02 Å². The molecular formula is C24H17ClN2O3S2. The molecule has 1 N–H and O–H groups in total. The van der Waals surface area contributed by atoms with Crippen LogP contribution < -0.4 is 9.62 Å². The molecule has 5 rings (SSSR count). The van der Waals surface area contributed by atoms with Crippen molar-refractivity contribution in [1.82, 2.24) is 0 Å². The lowest BCUT2D eigenvalue weighted by Gasteiger charge is -2.19. The Balaban J connectivity index is 1.40. The van der Waals surface area contributed by atoms with E-state index in [9.17, 15) is 13.2 Å². The molecule has 1 aliphatic heterocycles. The molecular weight excluding hydrogens is 464 g/mol. The average molecular weight is 481 g/mol. The molecule has 5 nitrogen and oxygen atoms in total. The number of sulfonamides is 1. The van der Waals surface area contributed by atoms with Gasteiger partial charge in [-0.2, -0.15) is 0 Å². The number of anilines is 2. The van der Waals surface area contributed by atoms with E-state index in [1.807, 2.05) is 54.6 Å². The molecule has 0 bridgehead atoms. The van der Waals surface area contributed by atoms with Crippen LogP contribution in [0.3, 0.4) is 0 Å². The van der Waals surface area contributed by atoms with Gasteiger partial charge in [-0.3, -0.25) is 9.10 Å². The first kappa shape index (κ1) is 20.9. The van der Waals surface area contributed by atoms with E-state index in [0.29, 0.717) is 21.8 Å². The zero-order valence-electron chi connectivity index (χ0n) is 16.7. The molecule has 0 atom stereocenters. The molecule has 0 saturated carbocycles. The third-order valence-corrected chi connectivity index (χ3v) is 8.31. The SMILES string of the molecule is O=C(CN1c2cccc3cccc(c23)S1(=O)=O)Nc1ccccc1Sc1ccc(Cl)cc1. The monoisotopic (exact) mass is 480 g/mol. The number of carbonyl (C=O) groups is 1. The Bertz CT molecular complexity index is 1450. The molecule has 1 heterocycles. The van der Waals surface area contributed by atoms with Gasteiger partial charge < -0.3 is 5.32 Å². The van der Waals surface area contributed by atoms with Crippen LogP contribution in [-0.4, -0.2) is 20.9 Å². The number of para-hydroxylation sites is 1. The fraction of sp³-hybridized carbons (Fsp3) is 0.0417. The van der Waals surface area contributed by atoms with Gasteiger partial charge in [-0.15, -0.1) is 0 Å². The summed E-state index contributed by atoms with van der Waals surface area (Å²) in [6.45, 7) is -0.309. The van der Waals surface area contributed by atoms with Gasteiger partial charge >= 0.3 is 0 Å². The first-order valence-electron chi connectivity index (χ1n) is 9.80. The van der Waals surface area contributed by atoms with E-state index < -0.39 is 15.9 Å². The fourth-order valence-electron chi connectivity index (χ4n) is 3.74. The topological polar surface area (TPSA) is 66.5 Å². The second-order valence-electron chi connectivity index (χ2n) is 7.24. The fourth-order valence-corrected chi connectivity index (χ4v) is 6.43. The van der Waals surface area contributed by atoms with E-state index in [0.717, 1.165) is 15.2 Å². The average Bonchev–Trinajstić information content (AvgIpc) is 3.00. The second kappa shape index (κ2) is 8.16. The summed E-state index contributed by atoms with van der Waals surface area (Å²) in [6.07, 6.45) is 0. The summed E-state index contributed by atoms with van der Waals surface area (Å²) >= 11 is 7.45. The van der Waals surface area contributed by atoms with Gasteiger partial charge in [0, 0.05) is 20.2 Å². The molecule has 160 valence electrons. The van der Waals surface area contributed by atoms with Gasteiger partial charge in [0.25, 0.3) is 10.0 Å². The number of amides is 1. The van der Waals surface area contributed by atoms with E-state index in [2.05, 4.69) is 5.32 Å². The Hall–Kier alpha value is -3.00. The molecule has 1 aliphatic rings. The van der Waals surface area contributed by atoms with Crippen molar-refractivity contribution in [3.05, 3.63) is 90.0 Å². The zero-order valence-corrected chi connectivity index (χ0v) is 19.0. The third kappa shape index (κ3) is 3.72. The minimum absolute atomic E-state index is 0.233. The second-order valence-corrected chi connectivity index (χ2v) is 10.6. The van der Waals surface area contributed by atoms with E-state index >= 15 is 0 Å². The summed E-state index contributed by atoms with van der Waals surface area (Å²) in [5.41, 5.74) is 1.14. The van der Waals surface area contributed by atoms with Crippen LogP contribution in [0, 0.1) is 0 Å². The highest BCUT2D eigenvalue weighted by Crippen LogP contribution is 2.42. The number of benzene rings is 4. The number of halogens is 1. The van der Waals surface area contributed by atoms with Gasteiger partial charge in [0.15, 0.2) is 0 Å². The molecule has 0 aliphatic carbocycles. The van der Waals surface area contributed by atoms with Gasteiger partial charge in [-0.25, -0.2) is 8.42 Å². The van der Waals surface area contributed by atoms with Gasteiger partial charge in [-0.05, 0) is 53.9 Å². The van der Waals surface area contributed by atoms with Crippen molar-refractivity contribution in [2.24, 2.45) is 0 Å². The van der Waals surface area contributed by atoms with Crippen LogP contribution >= 0.6 is 23.4 Å². The highest BCUT2D eigenvalue weighted by molar-refractivity contribution is 7.99. The Labute approximate surface area is 195 Å². The van der Waals surface area contributed by atoms with Crippen LogP contribution in [0.25, 0.3) is 10.8 Å². The van der Waals surface area contributed by atoms with Crippen molar-refractivity contribution in [2.75, 3.05) is 16.2 Å². The van der Waals surface area contributed by atoms with Crippen molar-refractivity contribution in [2.45, 2.75) is 14.7 Å². The number of nitrogens with one attached hydrogen (secondary N) is 1. The van der Waals surface area contributed by atoms with Gasteiger partial charge in [-0.1, -0.05) is 59.8 Å². The lowest BCUT2D eigenvalue weighted by Crippen LogP contribution is -2.35. The molecule has 8 heteroatoms. The molecule has 4 aromatic rings. The minimum Gasteiger partial charge on any atom is -0.323 e. The Morgan fingerprint density at radius 2 is 1.62 bits per heavy atom. The number of nitrogens with zero attached hydrogens (tertiary/aromatic N) is 1. The molecule has 0 saturated heterocycles. The van der Waals surface area contributed by atoms with Crippen molar-refractivity contribution in [3.63, 3.8) is 0 Å². The van der Waals surface area contributed by atoms with Crippen LogP contribution in [0.5, 0.6) is 0 Å². The van der Waals surface area contributed by atoms with Gasteiger partial charge in [0.1, 0.15) is 6.54 Å². The molecule has 0 spiro atoms. The van der Waals surface area contributed by atoms with Crippen LogP contribution in [0.4, 0.5) is 11.4 Å². The number of hydrogen-bond donors (Lipinski definition) is 1. The highest BCUT2D eigenvalue weighted by atomic mass is 35.5. The van der Waals surface area contributed by atoms with E-state index in [1.54, 1.807) is 30.3 Å². The van der Waals surface area contributed by atoms with E-state index in [-0.39, 0.29) is 11.4 Å². The summed E-state index contributed by atoms with van der Waals surface area (Å²) in [5, 5.41) is 5.01. The maximum Gasteiger partial charge on any atom is 0.265 e. The van der Waals surface area contributed by atoms with Crippen molar-refractivity contribution >= 4 is 61.4 Å². The molecule has 1 amide bonds. The predicted octanol–water partition coefficient (Wildman–Crippen LogP) is 5.79. The largest absolute Gasteiger partial charge is 0.323 e. The highest BCUT2D eigenvalue weighted by Gasteiger charge is 2.36. The molecule has 4 aromatic carbocycles.